The predicted octanol–water partition coefficient (Wildman–Crippen LogP) is 5.60. The van der Waals surface area contributed by atoms with Crippen LogP contribution in [0.2, 0.25) is 5.02 Å². The van der Waals surface area contributed by atoms with Crippen molar-refractivity contribution in [2.24, 2.45) is 5.92 Å². The Balaban J connectivity index is 1.10. The number of alkyl halides is 1. The Morgan fingerprint density at radius 3 is 2.88 bits per heavy atom. The molecule has 0 radical (unpaired) electrons. The number of hydrogen-bond acceptors (Lipinski definition) is 11. The summed E-state index contributed by atoms with van der Waals surface area (Å²) in [7, 11) is 1.84. The molecule has 3 saturated heterocycles. The van der Waals surface area contributed by atoms with E-state index >= 15 is 4.39 Å². The van der Waals surface area contributed by atoms with Crippen LogP contribution in [0.5, 0.6) is 11.8 Å². The lowest BCUT2D eigenvalue weighted by atomic mass is 9.95. The van der Waals surface area contributed by atoms with E-state index in [9.17, 15) is 14.3 Å². The van der Waals surface area contributed by atoms with Gasteiger partial charge in [0.15, 0.2) is 11.6 Å². The van der Waals surface area contributed by atoms with Gasteiger partial charge >= 0.3 is 6.01 Å². The number of aryl methyl sites for hydroxylation is 1. The number of ether oxygens (including phenoxy) is 1. The summed E-state index contributed by atoms with van der Waals surface area (Å²) in [5, 5.41) is 16.2. The van der Waals surface area contributed by atoms with Crippen LogP contribution in [0.3, 0.4) is 0 Å². The number of rotatable bonds is 9. The van der Waals surface area contributed by atoms with Crippen LogP contribution in [-0.4, -0.2) is 104 Å². The zero-order chi connectivity index (χ0) is 35.4. The Hall–Kier alpha value is -4.95. The zero-order valence-electron chi connectivity index (χ0n) is 28.0. The number of halogens is 3. The maximum Gasteiger partial charge on any atom is 0.319 e. The molecular weight excluding hydrogens is 682 g/mol. The lowest BCUT2D eigenvalue weighted by Crippen LogP contribution is -2.53. The number of aromatic hydroxyl groups is 1. The van der Waals surface area contributed by atoms with Crippen molar-refractivity contribution in [1.29, 1.82) is 0 Å². The van der Waals surface area contributed by atoms with Crippen LogP contribution in [0.1, 0.15) is 31.0 Å². The summed E-state index contributed by atoms with van der Waals surface area (Å²) >= 11 is 6.58. The minimum Gasteiger partial charge on any atom is -0.508 e. The molecule has 0 bridgehead atoms. The molecule has 264 valence electrons. The molecule has 8 rings (SSSR count). The number of pyridine rings is 1. The van der Waals surface area contributed by atoms with Crippen LogP contribution in [0.25, 0.3) is 39.0 Å². The molecule has 51 heavy (non-hydrogen) atoms. The van der Waals surface area contributed by atoms with Crippen molar-refractivity contribution in [2.45, 2.75) is 37.9 Å². The Morgan fingerprint density at radius 2 is 2.08 bits per heavy atom. The molecule has 3 aliphatic rings. The summed E-state index contributed by atoms with van der Waals surface area (Å²) in [4.78, 5) is 36.3. The van der Waals surface area contributed by atoms with Gasteiger partial charge in [0.25, 0.3) is 5.89 Å². The molecule has 15 heteroatoms. The first kappa shape index (κ1) is 33.2. The fourth-order valence-corrected chi connectivity index (χ4v) is 8.02. The van der Waals surface area contributed by atoms with E-state index in [2.05, 4.69) is 25.0 Å². The van der Waals surface area contributed by atoms with Crippen LogP contribution in [-0.2, 0) is 4.79 Å². The number of amides is 1. The van der Waals surface area contributed by atoms with Crippen molar-refractivity contribution in [3.8, 4) is 23.0 Å². The van der Waals surface area contributed by atoms with Gasteiger partial charge in [-0.1, -0.05) is 28.9 Å². The van der Waals surface area contributed by atoms with Crippen molar-refractivity contribution in [2.75, 3.05) is 51.3 Å². The Labute approximate surface area is 296 Å². The molecule has 12 nitrogen and oxygen atoms in total. The smallest absolute Gasteiger partial charge is 0.319 e. The summed E-state index contributed by atoms with van der Waals surface area (Å²) in [5.41, 5.74) is -0.197. The van der Waals surface area contributed by atoms with E-state index in [1.807, 2.05) is 11.9 Å². The quantitative estimate of drug-likeness (QED) is 0.191. The van der Waals surface area contributed by atoms with E-state index in [4.69, 9.17) is 25.8 Å². The molecule has 6 heterocycles. The summed E-state index contributed by atoms with van der Waals surface area (Å²) in [6.07, 6.45) is 5.58. The largest absolute Gasteiger partial charge is 0.508 e. The number of phenols is 1. The Morgan fingerprint density at radius 1 is 1.24 bits per heavy atom. The summed E-state index contributed by atoms with van der Waals surface area (Å²) in [6.45, 7) is 4.55. The number of aromatic nitrogens is 5. The number of nitrogens with zero attached hydrogens (tertiary/aromatic N) is 8. The third-order valence-electron chi connectivity index (χ3n) is 10.1. The molecule has 0 aliphatic carbocycles. The van der Waals surface area contributed by atoms with Gasteiger partial charge in [-0.25, -0.2) is 8.78 Å². The van der Waals surface area contributed by atoms with E-state index in [0.29, 0.717) is 71.0 Å². The van der Waals surface area contributed by atoms with Crippen LogP contribution in [0, 0.1) is 18.7 Å². The molecule has 0 unspecified atom stereocenters. The monoisotopic (exact) mass is 716 g/mol. The second-order valence-corrected chi connectivity index (χ2v) is 14.1. The average molecular weight is 717 g/mol. The number of carbonyl (C=O) groups is 1. The highest BCUT2D eigenvalue weighted by Gasteiger charge is 2.49. The van der Waals surface area contributed by atoms with Crippen molar-refractivity contribution >= 4 is 51.1 Å². The minimum absolute atomic E-state index is 0.0159. The number of fused-ring (bicyclic) bond motifs is 3. The lowest BCUT2D eigenvalue weighted by molar-refractivity contribution is -0.131. The highest BCUT2D eigenvalue weighted by atomic mass is 35.5. The molecule has 3 aromatic heterocycles. The third-order valence-corrected chi connectivity index (χ3v) is 10.4. The molecule has 0 spiro atoms. The fraction of sp³-hybridized carbons (Fsp3) is 0.389. The molecule has 5 aromatic rings. The third kappa shape index (κ3) is 6.20. The van der Waals surface area contributed by atoms with Crippen LogP contribution in [0.15, 0.2) is 47.1 Å². The molecule has 2 aromatic carbocycles. The van der Waals surface area contributed by atoms with E-state index in [0.717, 1.165) is 19.4 Å². The first-order chi connectivity index (χ1) is 24.6. The summed E-state index contributed by atoms with van der Waals surface area (Å²) in [5.74, 6) is 0.285. The van der Waals surface area contributed by atoms with E-state index in [1.54, 1.807) is 36.1 Å². The van der Waals surface area contributed by atoms with Crippen molar-refractivity contribution in [3.63, 3.8) is 0 Å². The van der Waals surface area contributed by atoms with Gasteiger partial charge in [0.1, 0.15) is 35.6 Å². The van der Waals surface area contributed by atoms with Gasteiger partial charge in [-0.3, -0.25) is 14.7 Å². The van der Waals surface area contributed by atoms with Gasteiger partial charge in [0.2, 0.25) is 5.91 Å². The number of hydrogen-bond donors (Lipinski definition) is 1. The molecule has 2 atom stereocenters. The number of phenolic OH excluding ortho intramolecular Hbond substituents is 1. The number of likely N-dealkylation sites (tertiary alicyclic amines) is 1. The standard InChI is InChI=1S/C36H35ClF2N8O4/c1-20-41-28(51-44-20)7-8-29(49)46-16-21(17-46)15-45(2)34-26-14-40-32(25-12-24(48)11-22-5-3-6-27(37)30(22)25)31(39)33(26)42-35(43-34)50-19-36-9-4-10-47(36)18-23(38)13-36/h3,5-8,11-12,14,21,23,48H,4,9-10,13,15-19H2,1-2H3/b8-7+/t23-,36+/m1/s1. The Kier molecular flexibility index (Phi) is 8.45. The minimum atomic E-state index is -0.935. The second-order valence-electron chi connectivity index (χ2n) is 13.7. The molecular formula is C36H35ClF2N8O4. The van der Waals surface area contributed by atoms with Gasteiger partial charge in [-0.05, 0) is 49.9 Å². The van der Waals surface area contributed by atoms with Gasteiger partial charge in [0.05, 0.1) is 10.9 Å². The van der Waals surface area contributed by atoms with Crippen LogP contribution in [0.4, 0.5) is 14.6 Å². The molecule has 1 amide bonds. The van der Waals surface area contributed by atoms with Crippen molar-refractivity contribution in [1.82, 2.24) is 34.9 Å². The average Bonchev–Trinajstić information content (AvgIpc) is 3.77. The van der Waals surface area contributed by atoms with Crippen molar-refractivity contribution in [3.05, 3.63) is 65.2 Å². The van der Waals surface area contributed by atoms with Crippen LogP contribution < -0.4 is 9.64 Å². The normalized spacial score (nSPS) is 20.8. The Bertz CT molecular complexity index is 2190. The number of anilines is 1. The van der Waals surface area contributed by atoms with Gasteiger partial charge in [-0.2, -0.15) is 15.0 Å². The fourth-order valence-electron chi connectivity index (χ4n) is 7.73. The maximum absolute atomic E-state index is 16.8. The molecule has 3 aliphatic heterocycles. The predicted molar refractivity (Wildman–Crippen MR) is 187 cm³/mol. The van der Waals surface area contributed by atoms with E-state index in [1.165, 1.54) is 24.4 Å². The van der Waals surface area contributed by atoms with Gasteiger partial charge < -0.3 is 24.2 Å². The first-order valence-corrected chi connectivity index (χ1v) is 17.2. The van der Waals surface area contributed by atoms with Gasteiger partial charge in [0, 0.05) is 79.9 Å². The first-order valence-electron chi connectivity index (χ1n) is 16.8. The number of carbonyl (C=O) groups excluding carboxylic acids is 1. The highest BCUT2D eigenvalue weighted by molar-refractivity contribution is 6.36. The van der Waals surface area contributed by atoms with Crippen LogP contribution >= 0.6 is 11.6 Å². The van der Waals surface area contributed by atoms with Gasteiger partial charge in [-0.15, -0.1) is 0 Å². The SMILES string of the molecule is Cc1noc(/C=C/C(=O)N2CC(CN(C)c3nc(OC[C@@]45CCCN4C[C@H](F)C5)nc4c(F)c(-c5cc(O)cc6cccc(Cl)c56)ncc34)C2)n1. The highest BCUT2D eigenvalue weighted by Crippen LogP contribution is 2.42. The maximum atomic E-state index is 16.8. The zero-order valence-corrected chi connectivity index (χ0v) is 28.8. The van der Waals surface area contributed by atoms with E-state index in [-0.39, 0.29) is 47.3 Å². The topological polar surface area (TPSA) is 134 Å². The molecule has 1 N–H and O–H groups in total. The molecule has 0 saturated carbocycles. The second kappa shape index (κ2) is 13.0. The lowest BCUT2D eigenvalue weighted by Gasteiger charge is -2.40. The molecule has 3 fully saturated rings. The van der Waals surface area contributed by atoms with E-state index < -0.39 is 17.5 Å². The summed E-state index contributed by atoms with van der Waals surface area (Å²) in [6, 6.07) is 8.18. The number of benzene rings is 2. The summed E-state index contributed by atoms with van der Waals surface area (Å²) < 4.78 is 42.6. The van der Waals surface area contributed by atoms with Crippen molar-refractivity contribution < 1.29 is 27.9 Å².